The number of rotatable bonds is 5. The van der Waals surface area contributed by atoms with Crippen molar-refractivity contribution in [2.45, 2.75) is 33.1 Å². The SMILES string of the molecule is CCCNCc1ccc(-c2ccc3c(c2)COC3)cc1. The molecule has 104 valence electrons. The van der Waals surface area contributed by atoms with Gasteiger partial charge in [0, 0.05) is 6.54 Å². The molecule has 0 fully saturated rings. The van der Waals surface area contributed by atoms with Gasteiger partial charge in [0.2, 0.25) is 0 Å². The standard InChI is InChI=1S/C18H21NO/c1-2-9-19-11-14-3-5-15(6-4-14)16-7-8-17-12-20-13-18(17)10-16/h3-8,10,19H,2,9,11-13H2,1H3. The Balaban J connectivity index is 1.74. The van der Waals surface area contributed by atoms with Crippen molar-refractivity contribution in [2.24, 2.45) is 0 Å². The van der Waals surface area contributed by atoms with Crippen LogP contribution in [0.5, 0.6) is 0 Å². The van der Waals surface area contributed by atoms with Crippen LogP contribution in [0.2, 0.25) is 0 Å². The zero-order valence-electron chi connectivity index (χ0n) is 12.0. The van der Waals surface area contributed by atoms with Gasteiger partial charge >= 0.3 is 0 Å². The number of benzene rings is 2. The molecule has 3 rings (SSSR count). The summed E-state index contributed by atoms with van der Waals surface area (Å²) in [6.07, 6.45) is 1.18. The first-order chi connectivity index (χ1) is 9.86. The molecule has 2 heteroatoms. The van der Waals surface area contributed by atoms with Crippen molar-refractivity contribution in [3.05, 3.63) is 59.2 Å². The summed E-state index contributed by atoms with van der Waals surface area (Å²) in [5.74, 6) is 0. The minimum Gasteiger partial charge on any atom is -0.372 e. The summed E-state index contributed by atoms with van der Waals surface area (Å²) in [4.78, 5) is 0. The smallest absolute Gasteiger partial charge is 0.0725 e. The van der Waals surface area contributed by atoms with E-state index in [0.29, 0.717) is 0 Å². The molecule has 0 bridgehead atoms. The molecule has 1 heterocycles. The summed E-state index contributed by atoms with van der Waals surface area (Å²) >= 11 is 0. The average molecular weight is 267 g/mol. The van der Waals surface area contributed by atoms with Gasteiger partial charge in [-0.1, -0.05) is 43.3 Å². The van der Waals surface area contributed by atoms with Crippen LogP contribution in [0.3, 0.4) is 0 Å². The second-order valence-corrected chi connectivity index (χ2v) is 5.35. The van der Waals surface area contributed by atoms with Crippen LogP contribution in [0.25, 0.3) is 11.1 Å². The van der Waals surface area contributed by atoms with Crippen molar-refractivity contribution in [1.29, 1.82) is 0 Å². The number of hydrogen-bond acceptors (Lipinski definition) is 2. The van der Waals surface area contributed by atoms with Gasteiger partial charge in [0.1, 0.15) is 0 Å². The Morgan fingerprint density at radius 3 is 2.50 bits per heavy atom. The van der Waals surface area contributed by atoms with Crippen LogP contribution in [0, 0.1) is 0 Å². The largest absolute Gasteiger partial charge is 0.372 e. The lowest BCUT2D eigenvalue weighted by atomic mass is 9.99. The monoisotopic (exact) mass is 267 g/mol. The molecule has 0 spiro atoms. The van der Waals surface area contributed by atoms with Gasteiger partial charge in [-0.3, -0.25) is 0 Å². The maximum atomic E-state index is 5.47. The number of nitrogens with one attached hydrogen (secondary N) is 1. The highest BCUT2D eigenvalue weighted by Crippen LogP contribution is 2.27. The van der Waals surface area contributed by atoms with Gasteiger partial charge in [0.15, 0.2) is 0 Å². The number of hydrogen-bond donors (Lipinski definition) is 1. The van der Waals surface area contributed by atoms with Gasteiger partial charge in [-0.25, -0.2) is 0 Å². The molecule has 0 radical (unpaired) electrons. The lowest BCUT2D eigenvalue weighted by Crippen LogP contribution is -2.13. The van der Waals surface area contributed by atoms with E-state index in [-0.39, 0.29) is 0 Å². The van der Waals surface area contributed by atoms with Gasteiger partial charge in [0.25, 0.3) is 0 Å². The first-order valence-electron chi connectivity index (χ1n) is 7.36. The summed E-state index contributed by atoms with van der Waals surface area (Å²) in [7, 11) is 0. The molecule has 1 aliphatic heterocycles. The summed E-state index contributed by atoms with van der Waals surface area (Å²) in [6, 6.07) is 15.5. The Morgan fingerprint density at radius 1 is 0.950 bits per heavy atom. The van der Waals surface area contributed by atoms with Crippen LogP contribution in [-0.4, -0.2) is 6.54 Å². The minimum atomic E-state index is 0.752. The van der Waals surface area contributed by atoms with E-state index in [4.69, 9.17) is 4.74 Å². The van der Waals surface area contributed by atoms with Crippen LogP contribution < -0.4 is 5.32 Å². The van der Waals surface area contributed by atoms with E-state index >= 15 is 0 Å². The van der Waals surface area contributed by atoms with Gasteiger partial charge in [-0.05, 0) is 46.8 Å². The van der Waals surface area contributed by atoms with Crippen LogP contribution >= 0.6 is 0 Å². The third-order valence-corrected chi connectivity index (χ3v) is 3.76. The van der Waals surface area contributed by atoms with Crippen LogP contribution in [0.15, 0.2) is 42.5 Å². The van der Waals surface area contributed by atoms with Crippen molar-refractivity contribution in [3.8, 4) is 11.1 Å². The van der Waals surface area contributed by atoms with Crippen molar-refractivity contribution < 1.29 is 4.74 Å². The molecule has 0 unspecified atom stereocenters. The van der Waals surface area contributed by atoms with E-state index in [9.17, 15) is 0 Å². The van der Waals surface area contributed by atoms with E-state index in [1.54, 1.807) is 0 Å². The molecule has 0 saturated carbocycles. The Kier molecular flexibility index (Phi) is 4.14. The van der Waals surface area contributed by atoms with E-state index in [0.717, 1.165) is 26.3 Å². The lowest BCUT2D eigenvalue weighted by Gasteiger charge is -2.07. The Labute approximate surface area is 120 Å². The molecule has 0 saturated heterocycles. The van der Waals surface area contributed by atoms with Gasteiger partial charge in [-0.2, -0.15) is 0 Å². The highest BCUT2D eigenvalue weighted by molar-refractivity contribution is 5.65. The maximum absolute atomic E-state index is 5.47. The minimum absolute atomic E-state index is 0.752. The maximum Gasteiger partial charge on any atom is 0.0725 e. The number of fused-ring (bicyclic) bond motifs is 1. The lowest BCUT2D eigenvalue weighted by molar-refractivity contribution is 0.134. The topological polar surface area (TPSA) is 21.3 Å². The normalized spacial score (nSPS) is 13.4. The van der Waals surface area contributed by atoms with Crippen molar-refractivity contribution in [1.82, 2.24) is 5.32 Å². The third kappa shape index (κ3) is 2.92. The second kappa shape index (κ2) is 6.21. The molecule has 1 N–H and O–H groups in total. The molecule has 1 aliphatic rings. The molecule has 2 aromatic carbocycles. The van der Waals surface area contributed by atoms with Crippen LogP contribution in [0.4, 0.5) is 0 Å². The van der Waals surface area contributed by atoms with Crippen molar-refractivity contribution in [3.63, 3.8) is 0 Å². The highest BCUT2D eigenvalue weighted by Gasteiger charge is 2.11. The van der Waals surface area contributed by atoms with E-state index in [1.165, 1.54) is 34.2 Å². The molecule has 20 heavy (non-hydrogen) atoms. The average Bonchev–Trinajstić information content (AvgIpc) is 2.96. The summed E-state index contributed by atoms with van der Waals surface area (Å²) in [5, 5.41) is 3.43. The summed E-state index contributed by atoms with van der Waals surface area (Å²) in [6.45, 7) is 5.73. The van der Waals surface area contributed by atoms with Crippen molar-refractivity contribution in [2.75, 3.05) is 6.54 Å². The summed E-state index contributed by atoms with van der Waals surface area (Å²) < 4.78 is 5.47. The zero-order valence-corrected chi connectivity index (χ0v) is 12.0. The molecular weight excluding hydrogens is 246 g/mol. The van der Waals surface area contributed by atoms with E-state index in [2.05, 4.69) is 54.7 Å². The van der Waals surface area contributed by atoms with E-state index in [1.807, 2.05) is 0 Å². The molecule has 0 aliphatic carbocycles. The predicted octanol–water partition coefficient (Wildman–Crippen LogP) is 3.88. The fourth-order valence-electron chi connectivity index (χ4n) is 2.58. The second-order valence-electron chi connectivity index (χ2n) is 5.35. The number of ether oxygens (including phenoxy) is 1. The fraction of sp³-hybridized carbons (Fsp3) is 0.333. The third-order valence-electron chi connectivity index (χ3n) is 3.76. The quantitative estimate of drug-likeness (QED) is 0.830. The first-order valence-corrected chi connectivity index (χ1v) is 7.36. The molecule has 2 nitrogen and oxygen atoms in total. The fourth-order valence-corrected chi connectivity index (χ4v) is 2.58. The Morgan fingerprint density at radius 2 is 1.70 bits per heavy atom. The van der Waals surface area contributed by atoms with Crippen LogP contribution in [0.1, 0.15) is 30.0 Å². The highest BCUT2D eigenvalue weighted by atomic mass is 16.5. The van der Waals surface area contributed by atoms with Crippen molar-refractivity contribution >= 4 is 0 Å². The molecule has 2 aromatic rings. The van der Waals surface area contributed by atoms with E-state index < -0.39 is 0 Å². The zero-order chi connectivity index (χ0) is 13.8. The summed E-state index contributed by atoms with van der Waals surface area (Å²) in [5.41, 5.74) is 6.55. The van der Waals surface area contributed by atoms with Gasteiger partial charge in [0.05, 0.1) is 13.2 Å². The first kappa shape index (κ1) is 13.3. The Hall–Kier alpha value is -1.64. The molecule has 0 aromatic heterocycles. The van der Waals surface area contributed by atoms with Crippen LogP contribution in [-0.2, 0) is 24.5 Å². The molecule has 0 atom stereocenters. The Bertz CT molecular complexity index is 574. The molecule has 0 amide bonds. The van der Waals surface area contributed by atoms with Gasteiger partial charge < -0.3 is 10.1 Å². The predicted molar refractivity (Wildman–Crippen MR) is 82.4 cm³/mol. The van der Waals surface area contributed by atoms with Gasteiger partial charge in [-0.15, -0.1) is 0 Å². The molecular formula is C18H21NO.